The summed E-state index contributed by atoms with van der Waals surface area (Å²) in [4.78, 5) is 26.4. The highest BCUT2D eigenvalue weighted by atomic mass is 16.5. The van der Waals surface area contributed by atoms with E-state index in [0.29, 0.717) is 43.0 Å². The van der Waals surface area contributed by atoms with E-state index in [-0.39, 0.29) is 11.8 Å². The Kier molecular flexibility index (Phi) is 8.17. The van der Waals surface area contributed by atoms with Gasteiger partial charge in [-0.25, -0.2) is 0 Å². The van der Waals surface area contributed by atoms with Gasteiger partial charge in [-0.15, -0.1) is 6.58 Å². The molecule has 1 fully saturated rings. The van der Waals surface area contributed by atoms with Gasteiger partial charge < -0.3 is 19.7 Å². The van der Waals surface area contributed by atoms with Crippen LogP contribution in [-0.4, -0.2) is 50.6 Å². The number of carbonyl (C=O) groups excluding carboxylic acids is 2. The second-order valence-corrected chi connectivity index (χ2v) is 6.66. The van der Waals surface area contributed by atoms with Crippen LogP contribution in [0.1, 0.15) is 48.0 Å². The standard InChI is InChI=1S/C21H30N2O4/c1-4-9-16-14-17(15-18(26-2)20(16)27-3)21(25)22-11-8-13-23-12-7-5-6-10-19(23)24/h4,14-15H,1,5-13H2,2-3H3,(H,22,25). The molecule has 6 nitrogen and oxygen atoms in total. The van der Waals surface area contributed by atoms with E-state index in [1.54, 1.807) is 32.4 Å². The summed E-state index contributed by atoms with van der Waals surface area (Å²) in [6.45, 7) is 5.79. The Balaban J connectivity index is 1.94. The number of hydrogen-bond acceptors (Lipinski definition) is 4. The molecule has 1 aromatic carbocycles. The molecule has 1 aromatic rings. The third-order valence-electron chi connectivity index (χ3n) is 4.74. The Bertz CT molecular complexity index is 672. The predicted molar refractivity (Wildman–Crippen MR) is 105 cm³/mol. The van der Waals surface area contributed by atoms with Crippen LogP contribution in [0.3, 0.4) is 0 Å². The number of carbonyl (C=O) groups is 2. The first-order chi connectivity index (χ1) is 13.1. The fourth-order valence-electron chi connectivity index (χ4n) is 3.33. The van der Waals surface area contributed by atoms with Crippen molar-refractivity contribution in [3.05, 3.63) is 35.9 Å². The van der Waals surface area contributed by atoms with Gasteiger partial charge in [0.2, 0.25) is 5.91 Å². The first kappa shape index (κ1) is 20.8. The smallest absolute Gasteiger partial charge is 0.251 e. The molecule has 1 aliphatic heterocycles. The molecular formula is C21H30N2O4. The van der Waals surface area contributed by atoms with E-state index in [1.807, 2.05) is 4.90 Å². The van der Waals surface area contributed by atoms with Gasteiger partial charge in [0.25, 0.3) is 5.91 Å². The van der Waals surface area contributed by atoms with Crippen molar-refractivity contribution in [3.8, 4) is 11.5 Å². The van der Waals surface area contributed by atoms with Crippen LogP contribution in [0.2, 0.25) is 0 Å². The van der Waals surface area contributed by atoms with Crippen molar-refractivity contribution in [2.24, 2.45) is 0 Å². The summed E-state index contributed by atoms with van der Waals surface area (Å²) >= 11 is 0. The molecule has 0 spiro atoms. The monoisotopic (exact) mass is 374 g/mol. The van der Waals surface area contributed by atoms with Crippen LogP contribution in [0.25, 0.3) is 0 Å². The van der Waals surface area contributed by atoms with Crippen molar-refractivity contribution < 1.29 is 19.1 Å². The van der Waals surface area contributed by atoms with E-state index in [4.69, 9.17) is 9.47 Å². The molecule has 0 bridgehead atoms. The molecule has 6 heteroatoms. The fraction of sp³-hybridized carbons (Fsp3) is 0.524. The molecule has 1 aliphatic rings. The minimum absolute atomic E-state index is 0.163. The maximum atomic E-state index is 12.5. The summed E-state index contributed by atoms with van der Waals surface area (Å²) in [5, 5.41) is 2.93. The number of likely N-dealkylation sites (tertiary alicyclic amines) is 1. The normalized spacial score (nSPS) is 14.4. The Morgan fingerprint density at radius 2 is 2.07 bits per heavy atom. The molecule has 1 N–H and O–H groups in total. The number of benzene rings is 1. The molecule has 1 saturated heterocycles. The van der Waals surface area contributed by atoms with Crippen molar-refractivity contribution in [3.63, 3.8) is 0 Å². The lowest BCUT2D eigenvalue weighted by Crippen LogP contribution is -2.34. The van der Waals surface area contributed by atoms with Gasteiger partial charge in [-0.3, -0.25) is 9.59 Å². The molecule has 0 atom stereocenters. The molecule has 148 valence electrons. The summed E-state index contributed by atoms with van der Waals surface area (Å²) in [6, 6.07) is 3.48. The van der Waals surface area contributed by atoms with Crippen LogP contribution < -0.4 is 14.8 Å². The highest BCUT2D eigenvalue weighted by Crippen LogP contribution is 2.33. The fourth-order valence-corrected chi connectivity index (χ4v) is 3.33. The van der Waals surface area contributed by atoms with Gasteiger partial charge in [0.15, 0.2) is 11.5 Å². The minimum Gasteiger partial charge on any atom is -0.493 e. The van der Waals surface area contributed by atoms with E-state index in [1.165, 1.54) is 0 Å². The molecule has 0 unspecified atom stereocenters. The molecule has 0 saturated carbocycles. The molecule has 27 heavy (non-hydrogen) atoms. The van der Waals surface area contributed by atoms with Crippen molar-refractivity contribution in [2.45, 2.75) is 38.5 Å². The van der Waals surface area contributed by atoms with Crippen LogP contribution >= 0.6 is 0 Å². The van der Waals surface area contributed by atoms with Crippen molar-refractivity contribution in [1.29, 1.82) is 0 Å². The van der Waals surface area contributed by atoms with Gasteiger partial charge in [0.05, 0.1) is 14.2 Å². The van der Waals surface area contributed by atoms with Gasteiger partial charge in [-0.2, -0.15) is 0 Å². The number of rotatable bonds is 9. The third-order valence-corrected chi connectivity index (χ3v) is 4.74. The predicted octanol–water partition coefficient (Wildman–Crippen LogP) is 2.95. The SMILES string of the molecule is C=CCc1cc(C(=O)NCCCN2CCCCCC2=O)cc(OC)c1OC. The zero-order valence-electron chi connectivity index (χ0n) is 16.4. The van der Waals surface area contributed by atoms with E-state index in [2.05, 4.69) is 11.9 Å². The second kappa shape index (κ2) is 10.6. The Labute approximate surface area is 161 Å². The first-order valence-corrected chi connectivity index (χ1v) is 9.52. The second-order valence-electron chi connectivity index (χ2n) is 6.66. The zero-order valence-corrected chi connectivity index (χ0v) is 16.4. The first-order valence-electron chi connectivity index (χ1n) is 9.52. The summed E-state index contributed by atoms with van der Waals surface area (Å²) < 4.78 is 10.8. The number of nitrogens with one attached hydrogen (secondary N) is 1. The summed E-state index contributed by atoms with van der Waals surface area (Å²) in [7, 11) is 3.13. The van der Waals surface area contributed by atoms with Gasteiger partial charge in [0, 0.05) is 37.2 Å². The number of methoxy groups -OCH3 is 2. The van der Waals surface area contributed by atoms with Gasteiger partial charge in [-0.1, -0.05) is 12.5 Å². The molecule has 0 radical (unpaired) electrons. The average Bonchev–Trinajstić information content (AvgIpc) is 2.88. The van der Waals surface area contributed by atoms with Crippen LogP contribution in [0.4, 0.5) is 0 Å². The van der Waals surface area contributed by atoms with Gasteiger partial charge >= 0.3 is 0 Å². The summed E-state index contributed by atoms with van der Waals surface area (Å²) in [5.74, 6) is 1.21. The summed E-state index contributed by atoms with van der Waals surface area (Å²) in [5.41, 5.74) is 1.38. The quantitative estimate of drug-likeness (QED) is 0.533. The molecule has 0 aromatic heterocycles. The Morgan fingerprint density at radius 1 is 1.26 bits per heavy atom. The summed E-state index contributed by atoms with van der Waals surface area (Å²) in [6.07, 6.45) is 6.89. The Hall–Kier alpha value is -2.50. The number of hydrogen-bond donors (Lipinski definition) is 1. The van der Waals surface area contributed by atoms with Crippen LogP contribution in [0, 0.1) is 0 Å². The van der Waals surface area contributed by atoms with E-state index in [9.17, 15) is 9.59 Å². The minimum atomic E-state index is -0.163. The van der Waals surface area contributed by atoms with Crippen molar-refractivity contribution >= 4 is 11.8 Å². The van der Waals surface area contributed by atoms with Crippen LogP contribution in [0.5, 0.6) is 11.5 Å². The average molecular weight is 374 g/mol. The number of nitrogens with zero attached hydrogens (tertiary/aromatic N) is 1. The molecule has 1 heterocycles. The van der Waals surface area contributed by atoms with E-state index < -0.39 is 0 Å². The lowest BCUT2D eigenvalue weighted by Gasteiger charge is -2.20. The largest absolute Gasteiger partial charge is 0.493 e. The molecule has 2 amide bonds. The number of amides is 2. The third kappa shape index (κ3) is 5.74. The highest BCUT2D eigenvalue weighted by molar-refractivity contribution is 5.95. The van der Waals surface area contributed by atoms with Crippen LogP contribution in [-0.2, 0) is 11.2 Å². The van der Waals surface area contributed by atoms with E-state index in [0.717, 1.165) is 37.8 Å². The van der Waals surface area contributed by atoms with Crippen molar-refractivity contribution in [2.75, 3.05) is 33.9 Å². The van der Waals surface area contributed by atoms with Crippen LogP contribution in [0.15, 0.2) is 24.8 Å². The Morgan fingerprint density at radius 3 is 2.78 bits per heavy atom. The highest BCUT2D eigenvalue weighted by Gasteiger charge is 2.17. The number of ether oxygens (including phenoxy) is 2. The van der Waals surface area contributed by atoms with Crippen molar-refractivity contribution in [1.82, 2.24) is 10.2 Å². The lowest BCUT2D eigenvalue weighted by atomic mass is 10.0. The van der Waals surface area contributed by atoms with Gasteiger partial charge in [0.1, 0.15) is 0 Å². The molecule has 0 aliphatic carbocycles. The number of allylic oxidation sites excluding steroid dienone is 1. The van der Waals surface area contributed by atoms with E-state index >= 15 is 0 Å². The maximum absolute atomic E-state index is 12.5. The lowest BCUT2D eigenvalue weighted by molar-refractivity contribution is -0.130. The topological polar surface area (TPSA) is 67.9 Å². The van der Waals surface area contributed by atoms with Gasteiger partial charge in [-0.05, 0) is 37.8 Å². The molecular weight excluding hydrogens is 344 g/mol. The molecule has 2 rings (SSSR count). The zero-order chi connectivity index (χ0) is 19.6. The maximum Gasteiger partial charge on any atom is 0.251 e.